The molecule has 0 radical (unpaired) electrons. The normalized spacial score (nSPS) is 18.8. The summed E-state index contributed by atoms with van der Waals surface area (Å²) < 4.78 is 14.0. The van der Waals surface area contributed by atoms with Crippen LogP contribution in [0.5, 0.6) is 0 Å². The fourth-order valence-electron chi connectivity index (χ4n) is 3.58. The third-order valence-corrected chi connectivity index (χ3v) is 5.06. The van der Waals surface area contributed by atoms with Gasteiger partial charge in [-0.25, -0.2) is 9.38 Å². The number of aliphatic imine (C=N–C) groups is 2. The van der Waals surface area contributed by atoms with Gasteiger partial charge in [0.05, 0.1) is 5.69 Å². The van der Waals surface area contributed by atoms with Crippen LogP contribution < -0.4 is 16.0 Å². The van der Waals surface area contributed by atoms with Gasteiger partial charge >= 0.3 is 0 Å². The topological polar surface area (TPSA) is 69.2 Å². The van der Waals surface area contributed by atoms with E-state index in [9.17, 15) is 4.39 Å². The van der Waals surface area contributed by atoms with Gasteiger partial charge in [-0.3, -0.25) is 4.90 Å². The molecule has 154 valence electrons. The van der Waals surface area contributed by atoms with Crippen molar-refractivity contribution in [3.8, 4) is 0 Å². The SMILES string of the molecule is CCc1ccc(NC2N=C(N)N=C(N3CCCC3)N2c2cccc(F)c2)cc1.Cl. The number of nitrogens with zero attached hydrogens (tertiary/aromatic N) is 4. The molecule has 2 aliphatic heterocycles. The average molecular weight is 417 g/mol. The van der Waals surface area contributed by atoms with Gasteiger partial charge in [-0.15, -0.1) is 12.4 Å². The van der Waals surface area contributed by atoms with Crippen molar-refractivity contribution in [2.45, 2.75) is 32.5 Å². The first kappa shape index (κ1) is 20.9. The summed E-state index contributed by atoms with van der Waals surface area (Å²) in [5.41, 5.74) is 8.91. The van der Waals surface area contributed by atoms with Crippen molar-refractivity contribution in [3.63, 3.8) is 0 Å². The molecule has 29 heavy (non-hydrogen) atoms. The Labute approximate surface area is 176 Å². The Balaban J connectivity index is 0.00000240. The van der Waals surface area contributed by atoms with E-state index < -0.39 is 6.29 Å². The van der Waals surface area contributed by atoms with Crippen molar-refractivity contribution in [1.29, 1.82) is 0 Å². The van der Waals surface area contributed by atoms with Crippen molar-refractivity contribution < 1.29 is 4.39 Å². The summed E-state index contributed by atoms with van der Waals surface area (Å²) in [5.74, 6) is 0.627. The Morgan fingerprint density at radius 2 is 1.86 bits per heavy atom. The molecule has 2 heterocycles. The maximum absolute atomic E-state index is 14.0. The number of halogens is 2. The molecule has 1 atom stereocenters. The molecule has 0 aromatic heterocycles. The van der Waals surface area contributed by atoms with Gasteiger partial charge in [-0.05, 0) is 55.2 Å². The third-order valence-electron chi connectivity index (χ3n) is 5.06. The zero-order chi connectivity index (χ0) is 19.5. The van der Waals surface area contributed by atoms with E-state index in [4.69, 9.17) is 5.73 Å². The molecular weight excluding hydrogens is 391 g/mol. The minimum atomic E-state index is -0.512. The second kappa shape index (κ2) is 9.13. The van der Waals surface area contributed by atoms with E-state index in [-0.39, 0.29) is 24.2 Å². The summed E-state index contributed by atoms with van der Waals surface area (Å²) in [4.78, 5) is 13.1. The lowest BCUT2D eigenvalue weighted by molar-refractivity contribution is 0.497. The summed E-state index contributed by atoms with van der Waals surface area (Å²) in [6.07, 6.45) is 2.67. The van der Waals surface area contributed by atoms with Gasteiger partial charge in [-0.2, -0.15) is 4.99 Å². The predicted molar refractivity (Wildman–Crippen MR) is 119 cm³/mol. The zero-order valence-corrected chi connectivity index (χ0v) is 17.2. The molecular formula is C21H26ClFN6. The molecule has 2 aliphatic rings. The fraction of sp³-hybridized carbons (Fsp3) is 0.333. The van der Waals surface area contributed by atoms with Crippen LogP contribution >= 0.6 is 12.4 Å². The fourth-order valence-corrected chi connectivity index (χ4v) is 3.58. The van der Waals surface area contributed by atoms with E-state index in [1.54, 1.807) is 6.07 Å². The van der Waals surface area contributed by atoms with Crippen LogP contribution in [0.2, 0.25) is 0 Å². The number of benzene rings is 2. The largest absolute Gasteiger partial charge is 0.368 e. The van der Waals surface area contributed by atoms with Crippen LogP contribution in [-0.2, 0) is 6.42 Å². The van der Waals surface area contributed by atoms with E-state index in [2.05, 4.69) is 39.3 Å². The van der Waals surface area contributed by atoms with Crippen molar-refractivity contribution in [2.75, 3.05) is 23.3 Å². The van der Waals surface area contributed by atoms with Gasteiger partial charge < -0.3 is 16.0 Å². The van der Waals surface area contributed by atoms with Gasteiger partial charge in [0.15, 0.2) is 0 Å². The van der Waals surface area contributed by atoms with E-state index >= 15 is 0 Å². The van der Waals surface area contributed by atoms with Gasteiger partial charge in [0.1, 0.15) is 5.82 Å². The van der Waals surface area contributed by atoms with Crippen LogP contribution in [0.3, 0.4) is 0 Å². The van der Waals surface area contributed by atoms with Crippen molar-refractivity contribution in [1.82, 2.24) is 4.90 Å². The number of nitrogens with two attached hydrogens (primary N) is 1. The number of hydrogen-bond donors (Lipinski definition) is 2. The molecule has 0 aliphatic carbocycles. The first-order valence-electron chi connectivity index (χ1n) is 9.71. The lowest BCUT2D eigenvalue weighted by Gasteiger charge is -2.38. The summed E-state index contributed by atoms with van der Waals surface area (Å²) in [6, 6.07) is 14.7. The number of anilines is 2. The average Bonchev–Trinajstić information content (AvgIpc) is 3.23. The Kier molecular flexibility index (Phi) is 6.59. The summed E-state index contributed by atoms with van der Waals surface area (Å²) >= 11 is 0. The lowest BCUT2D eigenvalue weighted by Crippen LogP contribution is -2.54. The van der Waals surface area contributed by atoms with Crippen LogP contribution in [0.25, 0.3) is 0 Å². The number of guanidine groups is 2. The van der Waals surface area contributed by atoms with Gasteiger partial charge in [0.25, 0.3) is 0 Å². The maximum Gasteiger partial charge on any atom is 0.222 e. The van der Waals surface area contributed by atoms with Crippen LogP contribution in [0, 0.1) is 5.82 Å². The Hall–Kier alpha value is -2.80. The number of rotatable bonds is 4. The van der Waals surface area contributed by atoms with E-state index in [1.807, 2.05) is 23.1 Å². The Morgan fingerprint density at radius 3 is 2.52 bits per heavy atom. The number of aryl methyl sites for hydroxylation is 1. The maximum atomic E-state index is 14.0. The van der Waals surface area contributed by atoms with Crippen LogP contribution in [-0.4, -0.2) is 36.2 Å². The third kappa shape index (κ3) is 4.62. The summed E-state index contributed by atoms with van der Waals surface area (Å²) in [7, 11) is 0. The molecule has 8 heteroatoms. The predicted octanol–water partition coefficient (Wildman–Crippen LogP) is 3.79. The van der Waals surface area contributed by atoms with Crippen LogP contribution in [0.15, 0.2) is 58.5 Å². The lowest BCUT2D eigenvalue weighted by atomic mass is 10.1. The molecule has 2 aromatic rings. The van der Waals surface area contributed by atoms with Crippen molar-refractivity contribution >= 4 is 35.7 Å². The van der Waals surface area contributed by atoms with E-state index in [1.165, 1.54) is 17.7 Å². The monoisotopic (exact) mass is 416 g/mol. The molecule has 1 fully saturated rings. The second-order valence-corrected chi connectivity index (χ2v) is 7.01. The molecule has 0 saturated carbocycles. The molecule has 2 aromatic carbocycles. The highest BCUT2D eigenvalue weighted by molar-refractivity contribution is 6.06. The molecule has 0 amide bonds. The van der Waals surface area contributed by atoms with Gasteiger partial charge in [0, 0.05) is 18.8 Å². The van der Waals surface area contributed by atoms with Crippen molar-refractivity contribution in [3.05, 3.63) is 59.9 Å². The number of hydrogen-bond acceptors (Lipinski definition) is 6. The zero-order valence-electron chi connectivity index (χ0n) is 16.4. The molecule has 0 bridgehead atoms. The minimum Gasteiger partial charge on any atom is -0.368 e. The summed E-state index contributed by atoms with van der Waals surface area (Å²) in [6.45, 7) is 3.92. The van der Waals surface area contributed by atoms with E-state index in [0.717, 1.165) is 38.0 Å². The van der Waals surface area contributed by atoms with Crippen LogP contribution in [0.4, 0.5) is 15.8 Å². The minimum absolute atomic E-state index is 0. The van der Waals surface area contributed by atoms with Crippen molar-refractivity contribution in [2.24, 2.45) is 15.7 Å². The van der Waals surface area contributed by atoms with Crippen LogP contribution in [0.1, 0.15) is 25.3 Å². The second-order valence-electron chi connectivity index (χ2n) is 7.01. The Bertz CT molecular complexity index is 892. The highest BCUT2D eigenvalue weighted by Gasteiger charge is 2.32. The standard InChI is InChI=1S/C21H25FN6.ClH/c1-2-15-8-10-17(11-9-15)24-20-25-19(23)26-21(27-12-3-4-13-27)28(20)18-7-5-6-16(22)14-18;/h5-11,14,20,24H,2-4,12-13H2,1H3,(H2,23,25);1H. The highest BCUT2D eigenvalue weighted by atomic mass is 35.5. The molecule has 1 unspecified atom stereocenters. The first-order valence-corrected chi connectivity index (χ1v) is 9.71. The van der Waals surface area contributed by atoms with E-state index in [0.29, 0.717) is 11.6 Å². The molecule has 6 nitrogen and oxygen atoms in total. The first-order chi connectivity index (χ1) is 13.6. The Morgan fingerprint density at radius 1 is 1.14 bits per heavy atom. The number of likely N-dealkylation sites (tertiary alicyclic amines) is 1. The highest BCUT2D eigenvalue weighted by Crippen LogP contribution is 2.26. The van der Waals surface area contributed by atoms with Gasteiger partial charge in [0.2, 0.25) is 18.2 Å². The molecule has 3 N–H and O–H groups in total. The summed E-state index contributed by atoms with van der Waals surface area (Å²) in [5, 5.41) is 3.41. The molecule has 1 saturated heterocycles. The molecule has 4 rings (SSSR count). The smallest absolute Gasteiger partial charge is 0.222 e. The van der Waals surface area contributed by atoms with Gasteiger partial charge in [-0.1, -0.05) is 25.1 Å². The quantitative estimate of drug-likeness (QED) is 0.795. The number of nitrogens with one attached hydrogen (secondary N) is 1. The molecule has 0 spiro atoms.